The van der Waals surface area contributed by atoms with Crippen molar-refractivity contribution in [3.8, 4) is 0 Å². The third-order valence-corrected chi connectivity index (χ3v) is 1.59. The van der Waals surface area contributed by atoms with Crippen molar-refractivity contribution in [2.45, 2.75) is 26.7 Å². The largest absolute Gasteiger partial charge is 0.481 e. The van der Waals surface area contributed by atoms with Gasteiger partial charge in [-0.15, -0.1) is 0 Å². The number of aliphatic carboxylic acids is 1. The van der Waals surface area contributed by atoms with Gasteiger partial charge in [-0.25, -0.2) is 13.2 Å². The second-order valence-corrected chi connectivity index (χ2v) is 3.19. The van der Waals surface area contributed by atoms with Gasteiger partial charge in [-0.1, -0.05) is 6.92 Å². The summed E-state index contributed by atoms with van der Waals surface area (Å²) in [7, 11) is 0. The molecule has 0 radical (unpaired) electrons. The Kier molecular flexibility index (Phi) is 6.22. The van der Waals surface area contributed by atoms with Crippen LogP contribution in [0.4, 0.5) is 13.2 Å². The third kappa shape index (κ3) is 5.38. The number of rotatable bonds is 2. The van der Waals surface area contributed by atoms with E-state index in [9.17, 15) is 18.0 Å². The lowest BCUT2D eigenvalue weighted by Gasteiger charge is -1.95. The second kappa shape index (κ2) is 6.87. The van der Waals surface area contributed by atoms with E-state index in [0.29, 0.717) is 12.0 Å². The van der Waals surface area contributed by atoms with E-state index in [2.05, 4.69) is 0 Å². The first-order valence-corrected chi connectivity index (χ1v) is 4.71. The quantitative estimate of drug-likeness (QED) is 0.797. The van der Waals surface area contributed by atoms with E-state index < -0.39 is 23.4 Å². The topological polar surface area (TPSA) is 37.3 Å². The fraction of sp³-hybridized carbons (Fsp3) is 0.364. The molecule has 0 fully saturated rings. The number of hydrogen-bond acceptors (Lipinski definition) is 1. The summed E-state index contributed by atoms with van der Waals surface area (Å²) in [6.45, 7) is 3.33. The van der Waals surface area contributed by atoms with Crippen molar-refractivity contribution >= 4 is 5.97 Å². The molecule has 0 bridgehead atoms. The molecule has 1 aromatic carbocycles. The highest BCUT2D eigenvalue weighted by molar-refractivity contribution is 5.66. The first kappa shape index (κ1) is 14.5. The summed E-state index contributed by atoms with van der Waals surface area (Å²) in [6, 6.07) is 1.89. The smallest absolute Gasteiger partial charge is 0.303 e. The van der Waals surface area contributed by atoms with Gasteiger partial charge in [0.1, 0.15) is 0 Å². The monoisotopic (exact) mass is 234 g/mol. The minimum atomic E-state index is -1.41. The molecule has 0 unspecified atom stereocenters. The van der Waals surface area contributed by atoms with Crippen molar-refractivity contribution in [3.63, 3.8) is 0 Å². The number of carboxylic acid groups (broad SMARTS) is 1. The van der Waals surface area contributed by atoms with Gasteiger partial charge in [0.25, 0.3) is 0 Å². The van der Waals surface area contributed by atoms with Crippen LogP contribution in [0.25, 0.3) is 0 Å². The number of hydrogen-bond donors (Lipinski definition) is 1. The van der Waals surface area contributed by atoms with Gasteiger partial charge >= 0.3 is 5.97 Å². The maximum atomic E-state index is 12.2. The second-order valence-electron chi connectivity index (χ2n) is 3.19. The number of carbonyl (C=O) groups is 1. The molecule has 1 N–H and O–H groups in total. The normalized spacial score (nSPS) is 9.31. The van der Waals surface area contributed by atoms with E-state index in [-0.39, 0.29) is 0 Å². The zero-order valence-electron chi connectivity index (χ0n) is 9.06. The molecule has 16 heavy (non-hydrogen) atoms. The minimum Gasteiger partial charge on any atom is -0.481 e. The maximum Gasteiger partial charge on any atom is 0.303 e. The van der Waals surface area contributed by atoms with Crippen LogP contribution in [0.1, 0.15) is 25.3 Å². The van der Waals surface area contributed by atoms with Gasteiger partial charge in [-0.3, -0.25) is 4.79 Å². The number of aryl methyl sites for hydroxylation is 1. The van der Waals surface area contributed by atoms with Crippen LogP contribution in [0, 0.1) is 24.4 Å². The van der Waals surface area contributed by atoms with E-state index in [1.807, 2.05) is 6.92 Å². The van der Waals surface area contributed by atoms with E-state index in [4.69, 9.17) is 5.11 Å². The molecule has 0 aromatic heterocycles. The minimum absolute atomic E-state index is 0.292. The van der Waals surface area contributed by atoms with E-state index in [1.165, 1.54) is 6.92 Å². The molecule has 5 heteroatoms. The summed E-state index contributed by atoms with van der Waals surface area (Å²) in [4.78, 5) is 9.60. The lowest BCUT2D eigenvalue weighted by molar-refractivity contribution is -0.137. The first-order chi connectivity index (χ1) is 7.38. The Bertz CT molecular complexity index is 341. The van der Waals surface area contributed by atoms with Crippen LogP contribution in [0.15, 0.2) is 12.1 Å². The van der Waals surface area contributed by atoms with Crippen molar-refractivity contribution in [3.05, 3.63) is 35.1 Å². The fourth-order valence-corrected chi connectivity index (χ4v) is 0.896. The Morgan fingerprint density at radius 3 is 1.94 bits per heavy atom. The Balaban J connectivity index is 0.000000325. The molecule has 2 nitrogen and oxygen atoms in total. The number of benzene rings is 1. The van der Waals surface area contributed by atoms with E-state index in [0.717, 1.165) is 18.6 Å². The van der Waals surface area contributed by atoms with Crippen molar-refractivity contribution in [2.75, 3.05) is 0 Å². The molecule has 0 saturated carbocycles. The molecule has 0 aliphatic carbocycles. The molecule has 0 aliphatic rings. The maximum absolute atomic E-state index is 12.2. The Hall–Kier alpha value is -1.52. The van der Waals surface area contributed by atoms with Crippen LogP contribution >= 0.6 is 0 Å². The van der Waals surface area contributed by atoms with Crippen LogP contribution in [0.3, 0.4) is 0 Å². The van der Waals surface area contributed by atoms with Crippen LogP contribution < -0.4 is 0 Å². The SMILES string of the molecule is CCCC(=O)O.Cc1cc(F)c(F)c(F)c1. The number of carboxylic acids is 1. The molecule has 90 valence electrons. The number of halogens is 3. The van der Waals surface area contributed by atoms with E-state index >= 15 is 0 Å². The summed E-state index contributed by atoms with van der Waals surface area (Å²) >= 11 is 0. The van der Waals surface area contributed by atoms with Crippen molar-refractivity contribution in [1.82, 2.24) is 0 Å². The van der Waals surface area contributed by atoms with Crippen LogP contribution in [0.5, 0.6) is 0 Å². The van der Waals surface area contributed by atoms with Crippen LogP contribution in [0.2, 0.25) is 0 Å². The molecule has 0 heterocycles. The first-order valence-electron chi connectivity index (χ1n) is 4.71. The highest BCUT2D eigenvalue weighted by Gasteiger charge is 2.07. The summed E-state index contributed by atoms with van der Waals surface area (Å²) < 4.78 is 36.6. The Morgan fingerprint density at radius 1 is 1.25 bits per heavy atom. The van der Waals surface area contributed by atoms with Crippen molar-refractivity contribution in [1.29, 1.82) is 0 Å². The van der Waals surface area contributed by atoms with Crippen molar-refractivity contribution in [2.24, 2.45) is 0 Å². The molecule has 0 spiro atoms. The zero-order valence-corrected chi connectivity index (χ0v) is 9.06. The molecule has 0 atom stereocenters. The highest BCUT2D eigenvalue weighted by Crippen LogP contribution is 2.11. The summed E-state index contributed by atoms with van der Waals surface area (Å²) in [5.74, 6) is -4.40. The lowest BCUT2D eigenvalue weighted by atomic mass is 10.2. The van der Waals surface area contributed by atoms with Crippen LogP contribution in [-0.2, 0) is 4.79 Å². The molecule has 0 amide bonds. The predicted octanol–water partition coefficient (Wildman–Crippen LogP) is 3.28. The summed E-state index contributed by atoms with van der Waals surface area (Å²) in [6.07, 6.45) is 1.02. The molecular weight excluding hydrogens is 221 g/mol. The highest BCUT2D eigenvalue weighted by atomic mass is 19.2. The van der Waals surface area contributed by atoms with Gasteiger partial charge in [0.15, 0.2) is 17.5 Å². The van der Waals surface area contributed by atoms with Gasteiger partial charge in [0.2, 0.25) is 0 Å². The molecule has 1 rings (SSSR count). The van der Waals surface area contributed by atoms with Gasteiger partial charge in [-0.05, 0) is 31.0 Å². The molecular formula is C11H13F3O2. The molecule has 0 aliphatic heterocycles. The standard InChI is InChI=1S/C7H5F3.C4H8O2/c1-4-2-5(8)7(10)6(9)3-4;1-2-3-4(5)6/h2-3H,1H3;2-3H2,1H3,(H,5,6). The molecule has 1 aromatic rings. The van der Waals surface area contributed by atoms with Gasteiger partial charge in [-0.2, -0.15) is 0 Å². The van der Waals surface area contributed by atoms with Gasteiger partial charge < -0.3 is 5.11 Å². The predicted molar refractivity (Wildman–Crippen MR) is 53.6 cm³/mol. The lowest BCUT2D eigenvalue weighted by Crippen LogP contribution is -1.90. The molecule has 0 saturated heterocycles. The third-order valence-electron chi connectivity index (χ3n) is 1.59. The van der Waals surface area contributed by atoms with Crippen molar-refractivity contribution < 1.29 is 23.1 Å². The Labute approximate surface area is 91.7 Å². The Morgan fingerprint density at radius 2 is 1.69 bits per heavy atom. The summed E-state index contributed by atoms with van der Waals surface area (Å²) in [5.41, 5.74) is 0.372. The fourth-order valence-electron chi connectivity index (χ4n) is 0.896. The average Bonchev–Trinajstić information content (AvgIpc) is 2.14. The summed E-state index contributed by atoms with van der Waals surface area (Å²) in [5, 5.41) is 7.91. The van der Waals surface area contributed by atoms with Gasteiger partial charge in [0.05, 0.1) is 0 Å². The average molecular weight is 234 g/mol. The zero-order chi connectivity index (χ0) is 12.7. The van der Waals surface area contributed by atoms with Crippen LogP contribution in [-0.4, -0.2) is 11.1 Å². The van der Waals surface area contributed by atoms with E-state index in [1.54, 1.807) is 0 Å². The van der Waals surface area contributed by atoms with Gasteiger partial charge in [0, 0.05) is 6.42 Å².